The molecule has 0 aliphatic heterocycles. The summed E-state index contributed by atoms with van der Waals surface area (Å²) in [6, 6.07) is 1.11. The van der Waals surface area contributed by atoms with Gasteiger partial charge in [-0.15, -0.1) is 0 Å². The van der Waals surface area contributed by atoms with Crippen LogP contribution in [-0.2, 0) is 0 Å². The van der Waals surface area contributed by atoms with E-state index in [0.717, 1.165) is 11.8 Å². The summed E-state index contributed by atoms with van der Waals surface area (Å²) >= 11 is 0. The number of hydrogen-bond acceptors (Lipinski definition) is 2. The van der Waals surface area contributed by atoms with Crippen molar-refractivity contribution < 1.29 is 0 Å². The SMILES string of the molecule is CCCC1CCC(N)C(CN(C)C(C)CC(C)C)C1. The van der Waals surface area contributed by atoms with Gasteiger partial charge in [-0.2, -0.15) is 0 Å². The summed E-state index contributed by atoms with van der Waals surface area (Å²) < 4.78 is 0. The number of nitrogens with zero attached hydrogens (tertiary/aromatic N) is 1. The minimum absolute atomic E-state index is 0.432. The van der Waals surface area contributed by atoms with Crippen LogP contribution in [0, 0.1) is 17.8 Å². The van der Waals surface area contributed by atoms with E-state index in [4.69, 9.17) is 5.73 Å². The molecule has 0 amide bonds. The van der Waals surface area contributed by atoms with Crippen LogP contribution in [0.1, 0.15) is 66.2 Å². The quantitative estimate of drug-likeness (QED) is 0.759. The van der Waals surface area contributed by atoms with Gasteiger partial charge in [-0.3, -0.25) is 0 Å². The Morgan fingerprint density at radius 1 is 1.21 bits per heavy atom. The first-order chi connectivity index (χ1) is 8.93. The van der Waals surface area contributed by atoms with Crippen LogP contribution in [0.2, 0.25) is 0 Å². The van der Waals surface area contributed by atoms with Crippen molar-refractivity contribution in [2.24, 2.45) is 23.5 Å². The third kappa shape index (κ3) is 5.83. The van der Waals surface area contributed by atoms with E-state index < -0.39 is 0 Å². The molecule has 0 saturated heterocycles. The number of rotatable bonds is 7. The van der Waals surface area contributed by atoms with Gasteiger partial charge < -0.3 is 10.6 Å². The standard InChI is InChI=1S/C17H36N2/c1-6-7-15-8-9-17(18)16(11-15)12-19(5)14(4)10-13(2)3/h13-17H,6-12,18H2,1-5H3. The summed E-state index contributed by atoms with van der Waals surface area (Å²) in [7, 11) is 2.28. The van der Waals surface area contributed by atoms with Crippen LogP contribution in [0.5, 0.6) is 0 Å². The molecule has 0 bridgehead atoms. The fourth-order valence-corrected chi connectivity index (χ4v) is 3.68. The molecule has 2 heteroatoms. The van der Waals surface area contributed by atoms with Gasteiger partial charge in [-0.05, 0) is 57.4 Å². The van der Waals surface area contributed by atoms with Crippen LogP contribution in [-0.4, -0.2) is 30.6 Å². The molecular formula is C17H36N2. The lowest BCUT2D eigenvalue weighted by molar-refractivity contribution is 0.137. The van der Waals surface area contributed by atoms with E-state index in [9.17, 15) is 0 Å². The molecule has 0 aromatic heterocycles. The molecule has 114 valence electrons. The fraction of sp³-hybridized carbons (Fsp3) is 1.00. The molecule has 2 nitrogen and oxygen atoms in total. The van der Waals surface area contributed by atoms with Crippen molar-refractivity contribution in [1.29, 1.82) is 0 Å². The third-order valence-electron chi connectivity index (χ3n) is 4.93. The predicted molar refractivity (Wildman–Crippen MR) is 85.3 cm³/mol. The summed E-state index contributed by atoms with van der Waals surface area (Å²) in [6.45, 7) is 10.5. The van der Waals surface area contributed by atoms with Gasteiger partial charge in [-0.1, -0.05) is 33.6 Å². The lowest BCUT2D eigenvalue weighted by Gasteiger charge is -2.38. The van der Waals surface area contributed by atoms with Crippen molar-refractivity contribution in [3.05, 3.63) is 0 Å². The molecule has 1 aliphatic rings. The molecule has 0 aromatic rings. The van der Waals surface area contributed by atoms with E-state index in [1.165, 1.54) is 45.1 Å². The highest BCUT2D eigenvalue weighted by Crippen LogP contribution is 2.32. The normalized spacial score (nSPS) is 30.0. The average Bonchev–Trinajstić information content (AvgIpc) is 2.32. The highest BCUT2D eigenvalue weighted by atomic mass is 15.1. The Morgan fingerprint density at radius 3 is 2.47 bits per heavy atom. The van der Waals surface area contributed by atoms with Gasteiger partial charge in [0, 0.05) is 18.6 Å². The maximum Gasteiger partial charge on any atom is 0.00795 e. The summed E-state index contributed by atoms with van der Waals surface area (Å²) in [5.41, 5.74) is 6.36. The minimum atomic E-state index is 0.432. The Hall–Kier alpha value is -0.0800. The lowest BCUT2D eigenvalue weighted by Crippen LogP contribution is -2.44. The average molecular weight is 268 g/mol. The van der Waals surface area contributed by atoms with Gasteiger partial charge in [0.1, 0.15) is 0 Å². The van der Waals surface area contributed by atoms with E-state index >= 15 is 0 Å². The first-order valence-electron chi connectivity index (χ1n) is 8.39. The van der Waals surface area contributed by atoms with Crippen LogP contribution >= 0.6 is 0 Å². The van der Waals surface area contributed by atoms with E-state index in [2.05, 4.69) is 39.6 Å². The van der Waals surface area contributed by atoms with E-state index in [0.29, 0.717) is 18.0 Å². The van der Waals surface area contributed by atoms with Crippen LogP contribution in [0.4, 0.5) is 0 Å². The number of nitrogens with two attached hydrogens (primary N) is 1. The highest BCUT2D eigenvalue weighted by Gasteiger charge is 2.29. The van der Waals surface area contributed by atoms with E-state index in [1.807, 2.05) is 0 Å². The van der Waals surface area contributed by atoms with Crippen LogP contribution < -0.4 is 5.73 Å². The largest absolute Gasteiger partial charge is 0.327 e. The predicted octanol–water partition coefficient (Wildman–Crippen LogP) is 3.90. The smallest absolute Gasteiger partial charge is 0.00795 e. The molecule has 19 heavy (non-hydrogen) atoms. The fourth-order valence-electron chi connectivity index (χ4n) is 3.68. The number of hydrogen-bond donors (Lipinski definition) is 1. The van der Waals surface area contributed by atoms with Crippen molar-refractivity contribution in [3.8, 4) is 0 Å². The summed E-state index contributed by atoms with van der Waals surface area (Å²) in [5.74, 6) is 2.43. The Kier molecular flexibility index (Phi) is 7.38. The first-order valence-corrected chi connectivity index (χ1v) is 8.39. The maximum atomic E-state index is 6.36. The Balaban J connectivity index is 2.44. The van der Waals surface area contributed by atoms with Crippen molar-refractivity contribution in [1.82, 2.24) is 4.90 Å². The van der Waals surface area contributed by atoms with E-state index in [-0.39, 0.29) is 0 Å². The molecule has 0 spiro atoms. The molecule has 1 rings (SSSR count). The maximum absolute atomic E-state index is 6.36. The first kappa shape index (κ1) is 17.0. The Morgan fingerprint density at radius 2 is 1.89 bits per heavy atom. The third-order valence-corrected chi connectivity index (χ3v) is 4.93. The minimum Gasteiger partial charge on any atom is -0.327 e. The van der Waals surface area contributed by atoms with Crippen LogP contribution in [0.15, 0.2) is 0 Å². The second kappa shape index (κ2) is 8.26. The molecule has 0 heterocycles. The summed E-state index contributed by atoms with van der Waals surface area (Å²) in [4.78, 5) is 2.54. The van der Waals surface area contributed by atoms with Crippen molar-refractivity contribution in [2.45, 2.75) is 78.3 Å². The molecule has 2 N–H and O–H groups in total. The zero-order valence-electron chi connectivity index (χ0n) is 13.9. The van der Waals surface area contributed by atoms with Crippen LogP contribution in [0.3, 0.4) is 0 Å². The topological polar surface area (TPSA) is 29.3 Å². The second-order valence-corrected chi connectivity index (χ2v) is 7.31. The van der Waals surface area contributed by atoms with Gasteiger partial charge in [-0.25, -0.2) is 0 Å². The van der Waals surface area contributed by atoms with Crippen molar-refractivity contribution in [2.75, 3.05) is 13.6 Å². The Bertz CT molecular complexity index is 239. The summed E-state index contributed by atoms with van der Waals surface area (Å²) in [6.07, 6.45) is 7.96. The molecule has 0 radical (unpaired) electrons. The second-order valence-electron chi connectivity index (χ2n) is 7.31. The molecule has 1 fully saturated rings. The molecule has 4 unspecified atom stereocenters. The van der Waals surface area contributed by atoms with Crippen LogP contribution in [0.25, 0.3) is 0 Å². The lowest BCUT2D eigenvalue weighted by atomic mass is 9.76. The molecular weight excluding hydrogens is 232 g/mol. The van der Waals surface area contributed by atoms with Gasteiger partial charge in [0.25, 0.3) is 0 Å². The highest BCUT2D eigenvalue weighted by molar-refractivity contribution is 4.85. The Labute approximate surface area is 121 Å². The molecule has 1 aliphatic carbocycles. The van der Waals surface area contributed by atoms with Gasteiger partial charge in [0.05, 0.1) is 0 Å². The van der Waals surface area contributed by atoms with Gasteiger partial charge in [0.2, 0.25) is 0 Å². The molecule has 1 saturated carbocycles. The summed E-state index contributed by atoms with van der Waals surface area (Å²) in [5, 5.41) is 0. The van der Waals surface area contributed by atoms with Crippen molar-refractivity contribution in [3.63, 3.8) is 0 Å². The zero-order chi connectivity index (χ0) is 14.4. The van der Waals surface area contributed by atoms with Gasteiger partial charge >= 0.3 is 0 Å². The zero-order valence-corrected chi connectivity index (χ0v) is 13.9. The van der Waals surface area contributed by atoms with Gasteiger partial charge in [0.15, 0.2) is 0 Å². The molecule has 4 atom stereocenters. The monoisotopic (exact) mass is 268 g/mol. The van der Waals surface area contributed by atoms with Crippen molar-refractivity contribution >= 4 is 0 Å². The van der Waals surface area contributed by atoms with E-state index in [1.54, 1.807) is 0 Å². The molecule has 0 aromatic carbocycles.